The van der Waals surface area contributed by atoms with E-state index in [1.165, 1.54) is 0 Å². The molecule has 1 aromatic carbocycles. The van der Waals surface area contributed by atoms with Crippen molar-refractivity contribution in [2.45, 2.75) is 31.5 Å². The van der Waals surface area contributed by atoms with E-state index in [0.29, 0.717) is 24.0 Å². The fourth-order valence-electron chi connectivity index (χ4n) is 2.29. The van der Waals surface area contributed by atoms with E-state index in [-0.39, 0.29) is 18.8 Å². The highest BCUT2D eigenvalue weighted by Crippen LogP contribution is 2.30. The molecule has 0 radical (unpaired) electrons. The van der Waals surface area contributed by atoms with Crippen molar-refractivity contribution < 1.29 is 20.1 Å². The molecule has 0 amide bonds. The summed E-state index contributed by atoms with van der Waals surface area (Å²) in [6.07, 6.45) is -0.827. The van der Waals surface area contributed by atoms with E-state index >= 15 is 0 Å². The van der Waals surface area contributed by atoms with Crippen LogP contribution in [0.2, 0.25) is 0 Å². The largest absolute Gasteiger partial charge is 0.396 e. The lowest BCUT2D eigenvalue weighted by Crippen LogP contribution is -2.20. The molecule has 0 saturated carbocycles. The van der Waals surface area contributed by atoms with Gasteiger partial charge in [-0.2, -0.15) is 0 Å². The summed E-state index contributed by atoms with van der Waals surface area (Å²) in [7, 11) is 0. The molecule has 0 saturated heterocycles. The number of rotatable bonds is 4. The number of carbonyl (C=O) groups is 1. The van der Waals surface area contributed by atoms with Crippen LogP contribution in [0, 0.1) is 0 Å². The van der Waals surface area contributed by atoms with Crippen LogP contribution in [0.5, 0.6) is 0 Å². The van der Waals surface area contributed by atoms with E-state index < -0.39 is 12.2 Å². The van der Waals surface area contributed by atoms with Gasteiger partial charge in [0.05, 0.1) is 6.10 Å². The molecule has 2 unspecified atom stereocenters. The fourth-order valence-corrected chi connectivity index (χ4v) is 2.29. The highest BCUT2D eigenvalue weighted by molar-refractivity contribution is 6.00. The second kappa shape index (κ2) is 4.96. The molecule has 2 atom stereocenters. The molecule has 4 nitrogen and oxygen atoms in total. The minimum Gasteiger partial charge on any atom is -0.396 e. The third kappa shape index (κ3) is 2.24. The third-order valence-electron chi connectivity index (χ3n) is 3.22. The van der Waals surface area contributed by atoms with Gasteiger partial charge in [-0.1, -0.05) is 18.2 Å². The van der Waals surface area contributed by atoms with Crippen molar-refractivity contribution in [2.75, 3.05) is 6.61 Å². The average molecular weight is 236 g/mol. The first-order valence-electron chi connectivity index (χ1n) is 5.77. The van der Waals surface area contributed by atoms with Gasteiger partial charge in [-0.05, 0) is 24.0 Å². The van der Waals surface area contributed by atoms with Gasteiger partial charge in [0.25, 0.3) is 0 Å². The Hall–Kier alpha value is -1.23. The summed E-state index contributed by atoms with van der Waals surface area (Å²) >= 11 is 0. The van der Waals surface area contributed by atoms with Crippen molar-refractivity contribution in [3.8, 4) is 0 Å². The zero-order valence-corrected chi connectivity index (χ0v) is 9.47. The topological polar surface area (TPSA) is 77.8 Å². The molecule has 1 aliphatic carbocycles. The second-order valence-electron chi connectivity index (χ2n) is 4.32. The summed E-state index contributed by atoms with van der Waals surface area (Å²) in [5.74, 6) is 0.0886. The lowest BCUT2D eigenvalue weighted by atomic mass is 9.95. The Balaban J connectivity index is 2.31. The molecule has 0 heterocycles. The molecule has 1 aliphatic rings. The summed E-state index contributed by atoms with van der Waals surface area (Å²) in [4.78, 5) is 11.6. The predicted octanol–water partition coefficient (Wildman–Crippen LogP) is 0.592. The Bertz CT molecular complexity index is 427. The molecular weight excluding hydrogens is 220 g/mol. The number of carbonyl (C=O) groups excluding carboxylic acids is 1. The molecule has 0 aromatic heterocycles. The SMILES string of the molecule is O=C1CCc2c1cccc2C(O)C(O)CCO. The van der Waals surface area contributed by atoms with E-state index in [0.717, 1.165) is 5.56 Å². The van der Waals surface area contributed by atoms with Crippen molar-refractivity contribution in [2.24, 2.45) is 0 Å². The number of aliphatic hydroxyl groups excluding tert-OH is 3. The molecule has 0 spiro atoms. The Morgan fingerprint density at radius 3 is 2.71 bits per heavy atom. The fraction of sp³-hybridized carbons (Fsp3) is 0.462. The first-order chi connectivity index (χ1) is 8.15. The Morgan fingerprint density at radius 2 is 2.00 bits per heavy atom. The first kappa shape index (κ1) is 12.2. The van der Waals surface area contributed by atoms with Crippen LogP contribution in [-0.2, 0) is 6.42 Å². The summed E-state index contributed by atoms with van der Waals surface area (Å²) in [6.45, 7) is -0.174. The predicted molar refractivity (Wildman–Crippen MR) is 61.8 cm³/mol. The van der Waals surface area contributed by atoms with Crippen LogP contribution in [0.3, 0.4) is 0 Å². The van der Waals surface area contributed by atoms with E-state index in [9.17, 15) is 15.0 Å². The smallest absolute Gasteiger partial charge is 0.163 e. The van der Waals surface area contributed by atoms with Crippen LogP contribution in [0.25, 0.3) is 0 Å². The number of aliphatic hydroxyl groups is 3. The van der Waals surface area contributed by atoms with Gasteiger partial charge in [-0.3, -0.25) is 4.79 Å². The van der Waals surface area contributed by atoms with Crippen molar-refractivity contribution >= 4 is 5.78 Å². The van der Waals surface area contributed by atoms with Gasteiger partial charge >= 0.3 is 0 Å². The van der Waals surface area contributed by atoms with Crippen LogP contribution >= 0.6 is 0 Å². The molecule has 92 valence electrons. The third-order valence-corrected chi connectivity index (χ3v) is 3.22. The molecule has 2 rings (SSSR count). The number of hydrogen-bond acceptors (Lipinski definition) is 4. The summed E-state index contributed by atoms with van der Waals surface area (Å²) < 4.78 is 0. The summed E-state index contributed by atoms with van der Waals surface area (Å²) in [6, 6.07) is 5.19. The van der Waals surface area contributed by atoms with E-state index in [4.69, 9.17) is 5.11 Å². The van der Waals surface area contributed by atoms with Crippen molar-refractivity contribution in [1.29, 1.82) is 0 Å². The number of hydrogen-bond donors (Lipinski definition) is 3. The normalized spacial score (nSPS) is 17.9. The van der Waals surface area contributed by atoms with Gasteiger partial charge in [-0.25, -0.2) is 0 Å². The molecule has 17 heavy (non-hydrogen) atoms. The standard InChI is InChI=1S/C13H16O4/c14-7-6-12(16)13(17)10-3-1-2-9-8(10)4-5-11(9)15/h1-3,12-14,16-17H,4-7H2. The highest BCUT2D eigenvalue weighted by atomic mass is 16.3. The lowest BCUT2D eigenvalue weighted by molar-refractivity contribution is 0.00379. The minimum atomic E-state index is -1.04. The molecule has 0 fully saturated rings. The van der Waals surface area contributed by atoms with Crippen LogP contribution in [0.1, 0.15) is 40.4 Å². The van der Waals surface area contributed by atoms with E-state index in [1.54, 1.807) is 18.2 Å². The van der Waals surface area contributed by atoms with Crippen LogP contribution < -0.4 is 0 Å². The lowest BCUT2D eigenvalue weighted by Gasteiger charge is -2.19. The van der Waals surface area contributed by atoms with Crippen molar-refractivity contribution in [3.05, 3.63) is 34.9 Å². The zero-order chi connectivity index (χ0) is 12.4. The van der Waals surface area contributed by atoms with Gasteiger partial charge in [0, 0.05) is 18.6 Å². The van der Waals surface area contributed by atoms with Gasteiger partial charge in [0.1, 0.15) is 6.10 Å². The minimum absolute atomic E-state index is 0.0886. The van der Waals surface area contributed by atoms with Crippen LogP contribution in [-0.4, -0.2) is 33.8 Å². The number of benzene rings is 1. The van der Waals surface area contributed by atoms with Gasteiger partial charge in [0.2, 0.25) is 0 Å². The number of Topliss-reactive ketones (excluding diaryl/α,β-unsaturated/α-hetero) is 1. The average Bonchev–Trinajstić information content (AvgIpc) is 2.71. The van der Waals surface area contributed by atoms with Gasteiger partial charge in [-0.15, -0.1) is 0 Å². The molecule has 3 N–H and O–H groups in total. The first-order valence-corrected chi connectivity index (χ1v) is 5.77. The van der Waals surface area contributed by atoms with Crippen LogP contribution in [0.4, 0.5) is 0 Å². The van der Waals surface area contributed by atoms with E-state index in [2.05, 4.69) is 0 Å². The van der Waals surface area contributed by atoms with E-state index in [1.807, 2.05) is 0 Å². The second-order valence-corrected chi connectivity index (χ2v) is 4.32. The highest BCUT2D eigenvalue weighted by Gasteiger charge is 2.27. The zero-order valence-electron chi connectivity index (χ0n) is 9.47. The maximum atomic E-state index is 11.6. The summed E-state index contributed by atoms with van der Waals surface area (Å²) in [5.41, 5.74) is 2.09. The van der Waals surface area contributed by atoms with Crippen LogP contribution in [0.15, 0.2) is 18.2 Å². The maximum absolute atomic E-state index is 11.6. The Morgan fingerprint density at radius 1 is 1.24 bits per heavy atom. The maximum Gasteiger partial charge on any atom is 0.163 e. The molecular formula is C13H16O4. The number of fused-ring (bicyclic) bond motifs is 1. The van der Waals surface area contributed by atoms with Crippen molar-refractivity contribution in [3.63, 3.8) is 0 Å². The monoisotopic (exact) mass is 236 g/mol. The number of ketones is 1. The Kier molecular flexibility index (Phi) is 3.57. The van der Waals surface area contributed by atoms with Gasteiger partial charge < -0.3 is 15.3 Å². The molecule has 0 aliphatic heterocycles. The molecule has 0 bridgehead atoms. The quantitative estimate of drug-likeness (QED) is 0.715. The van der Waals surface area contributed by atoms with Gasteiger partial charge in [0.15, 0.2) is 5.78 Å². The molecule has 1 aromatic rings. The summed E-state index contributed by atoms with van der Waals surface area (Å²) in [5, 5.41) is 28.4. The Labute approximate surface area is 99.5 Å². The van der Waals surface area contributed by atoms with Crippen molar-refractivity contribution in [1.82, 2.24) is 0 Å². The molecule has 4 heteroatoms.